The Morgan fingerprint density at radius 1 is 1.33 bits per heavy atom. The van der Waals surface area contributed by atoms with Crippen LogP contribution in [0.1, 0.15) is 20.8 Å². The van der Waals surface area contributed by atoms with E-state index in [2.05, 4.69) is 24.5 Å². The third-order valence-corrected chi connectivity index (χ3v) is 2.75. The van der Waals surface area contributed by atoms with Crippen LogP contribution in [0.5, 0.6) is 0 Å². The molecule has 0 aliphatic rings. The van der Waals surface area contributed by atoms with Crippen LogP contribution in [0, 0.1) is 0 Å². The fourth-order valence-corrected chi connectivity index (χ4v) is 0. The number of nitrogens with one attached hydrogen (secondary N) is 1. The summed E-state index contributed by atoms with van der Waals surface area (Å²) >= 11 is 1.27. The summed E-state index contributed by atoms with van der Waals surface area (Å²) in [7, 11) is 0. The molecule has 0 aromatic rings. The molecular formula is C4H10NTa. The van der Waals surface area contributed by atoms with Crippen molar-refractivity contribution in [2.45, 2.75) is 26.3 Å². The summed E-state index contributed by atoms with van der Waals surface area (Å²) in [5, 5.41) is 0. The summed E-state index contributed by atoms with van der Waals surface area (Å²) in [6.07, 6.45) is 0. The summed E-state index contributed by atoms with van der Waals surface area (Å²) in [5.74, 6) is 0. The SMILES string of the molecule is CC(C)(C)[NH][Ta]. The molecule has 0 aromatic heterocycles. The average Bonchev–Trinajstić information content (AvgIpc) is 1.35. The predicted octanol–water partition coefficient (Wildman–Crippen LogP) is 0.836. The van der Waals surface area contributed by atoms with E-state index in [4.69, 9.17) is 0 Å². The molecule has 0 fully saturated rings. The summed E-state index contributed by atoms with van der Waals surface area (Å²) < 4.78 is 3.22. The van der Waals surface area contributed by atoms with Gasteiger partial charge in [-0.1, -0.05) is 0 Å². The van der Waals surface area contributed by atoms with E-state index in [0.29, 0.717) is 5.54 Å². The maximum atomic E-state index is 3.22. The van der Waals surface area contributed by atoms with Crippen molar-refractivity contribution < 1.29 is 21.3 Å². The second-order valence-electron chi connectivity index (χ2n) is 2.36. The van der Waals surface area contributed by atoms with Crippen molar-refractivity contribution in [2.24, 2.45) is 0 Å². The standard InChI is InChI=1S/C4H10N.Ta/c1-4(2,3)5;/h5H,1-3H3;/q-1;+1. The third kappa shape index (κ3) is 4.70. The molecule has 0 radical (unpaired) electrons. The van der Waals surface area contributed by atoms with Crippen LogP contribution in [0.25, 0.3) is 0 Å². The molecule has 0 atom stereocenters. The van der Waals surface area contributed by atoms with Gasteiger partial charge in [-0.2, -0.15) is 0 Å². The molecule has 0 bridgehead atoms. The molecular weight excluding hydrogens is 243 g/mol. The zero-order valence-electron chi connectivity index (χ0n) is 4.45. The van der Waals surface area contributed by atoms with Gasteiger partial charge in [-0.15, -0.1) is 0 Å². The van der Waals surface area contributed by atoms with Gasteiger partial charge in [0.25, 0.3) is 0 Å². The fourth-order valence-electron chi connectivity index (χ4n) is 0. The van der Waals surface area contributed by atoms with E-state index in [1.165, 1.54) is 21.3 Å². The predicted molar refractivity (Wildman–Crippen MR) is 22.9 cm³/mol. The van der Waals surface area contributed by atoms with Gasteiger partial charge in [0.2, 0.25) is 0 Å². The molecule has 36 valence electrons. The van der Waals surface area contributed by atoms with Crippen LogP contribution in [0.4, 0.5) is 0 Å². The van der Waals surface area contributed by atoms with Gasteiger partial charge >= 0.3 is 51.4 Å². The van der Waals surface area contributed by atoms with E-state index >= 15 is 0 Å². The molecule has 0 aromatic carbocycles. The Balaban J connectivity index is 3.17. The van der Waals surface area contributed by atoms with Gasteiger partial charge < -0.3 is 0 Å². The first-order valence-corrected chi connectivity index (χ1v) is 3.58. The van der Waals surface area contributed by atoms with E-state index in [9.17, 15) is 0 Å². The first kappa shape index (κ1) is 6.70. The maximum absolute atomic E-state index is 3.22. The zero-order valence-corrected chi connectivity index (χ0v) is 7.66. The summed E-state index contributed by atoms with van der Waals surface area (Å²) in [5.41, 5.74) is 0.341. The Kier molecular flexibility index (Phi) is 2.37. The molecule has 0 saturated heterocycles. The van der Waals surface area contributed by atoms with E-state index in [0.717, 1.165) is 0 Å². The van der Waals surface area contributed by atoms with E-state index < -0.39 is 0 Å². The van der Waals surface area contributed by atoms with Gasteiger partial charge in [0.1, 0.15) is 0 Å². The van der Waals surface area contributed by atoms with E-state index in [1.807, 2.05) is 0 Å². The first-order chi connectivity index (χ1) is 2.56. The van der Waals surface area contributed by atoms with Crippen molar-refractivity contribution in [1.29, 1.82) is 0 Å². The molecule has 0 rings (SSSR count). The van der Waals surface area contributed by atoms with Crippen molar-refractivity contribution in [3.8, 4) is 0 Å². The molecule has 1 N–H and O–H groups in total. The Morgan fingerprint density at radius 3 is 1.50 bits per heavy atom. The summed E-state index contributed by atoms with van der Waals surface area (Å²) in [6, 6.07) is 0. The molecule has 1 nitrogen and oxygen atoms in total. The molecule has 0 unspecified atom stereocenters. The minimum atomic E-state index is 0.341. The van der Waals surface area contributed by atoms with Crippen LogP contribution in [0.15, 0.2) is 0 Å². The monoisotopic (exact) mass is 253 g/mol. The van der Waals surface area contributed by atoms with Crippen LogP contribution >= 0.6 is 0 Å². The van der Waals surface area contributed by atoms with Crippen molar-refractivity contribution in [2.75, 3.05) is 0 Å². The van der Waals surface area contributed by atoms with Gasteiger partial charge in [-0.3, -0.25) is 0 Å². The number of hydrogen-bond acceptors (Lipinski definition) is 1. The van der Waals surface area contributed by atoms with Crippen LogP contribution in [0.2, 0.25) is 0 Å². The molecule has 0 saturated carbocycles. The van der Waals surface area contributed by atoms with E-state index in [1.54, 1.807) is 0 Å². The van der Waals surface area contributed by atoms with Crippen molar-refractivity contribution in [3.05, 3.63) is 0 Å². The van der Waals surface area contributed by atoms with Gasteiger partial charge in [0.05, 0.1) is 0 Å². The molecule has 0 aliphatic heterocycles. The van der Waals surface area contributed by atoms with Crippen LogP contribution in [-0.4, -0.2) is 5.54 Å². The van der Waals surface area contributed by atoms with Crippen molar-refractivity contribution in [1.82, 2.24) is 3.72 Å². The van der Waals surface area contributed by atoms with Gasteiger partial charge in [-0.05, 0) is 0 Å². The molecule has 6 heavy (non-hydrogen) atoms. The second kappa shape index (κ2) is 2.12. The van der Waals surface area contributed by atoms with Gasteiger partial charge in [-0.25, -0.2) is 0 Å². The third-order valence-electron chi connectivity index (χ3n) is 0.335. The summed E-state index contributed by atoms with van der Waals surface area (Å²) in [4.78, 5) is 0. The fraction of sp³-hybridized carbons (Fsp3) is 1.00. The zero-order chi connectivity index (χ0) is 5.21. The minimum absolute atomic E-state index is 0.341. The Morgan fingerprint density at radius 2 is 1.50 bits per heavy atom. The molecule has 0 aliphatic carbocycles. The van der Waals surface area contributed by atoms with Crippen LogP contribution < -0.4 is 3.72 Å². The Hall–Kier alpha value is 0.700. The second-order valence-corrected chi connectivity index (χ2v) is 3.17. The Bertz CT molecular complexity index is 37.3. The molecule has 0 amide bonds. The number of rotatable bonds is 0. The van der Waals surface area contributed by atoms with Crippen molar-refractivity contribution in [3.63, 3.8) is 0 Å². The van der Waals surface area contributed by atoms with Gasteiger partial charge in [0.15, 0.2) is 0 Å². The quantitative estimate of drug-likeness (QED) is 0.674. The molecule has 2 heteroatoms. The molecule has 0 spiro atoms. The number of hydrogen-bond donors (Lipinski definition) is 1. The normalized spacial score (nSPS) is 11.8. The van der Waals surface area contributed by atoms with E-state index in [-0.39, 0.29) is 0 Å². The molecule has 0 heterocycles. The van der Waals surface area contributed by atoms with Crippen molar-refractivity contribution >= 4 is 0 Å². The first-order valence-electron chi connectivity index (χ1n) is 1.97. The average molecular weight is 253 g/mol. The summed E-state index contributed by atoms with van der Waals surface area (Å²) in [6.45, 7) is 6.48. The van der Waals surface area contributed by atoms with Gasteiger partial charge in [0, 0.05) is 0 Å². The topological polar surface area (TPSA) is 12.0 Å². The Labute approximate surface area is 51.7 Å². The van der Waals surface area contributed by atoms with Crippen LogP contribution in [-0.2, 0) is 21.3 Å². The van der Waals surface area contributed by atoms with Crippen LogP contribution in [0.3, 0.4) is 0 Å².